The molecule has 0 bridgehead atoms. The normalized spacial score (nSPS) is 10.4. The van der Waals surface area contributed by atoms with Gasteiger partial charge in [-0.3, -0.25) is 0 Å². The van der Waals surface area contributed by atoms with E-state index >= 15 is 0 Å². The molecule has 0 aliphatic carbocycles. The first-order valence-corrected chi connectivity index (χ1v) is 5.62. The zero-order chi connectivity index (χ0) is 12.0. The third-order valence-corrected chi connectivity index (χ3v) is 2.36. The molecule has 0 aliphatic rings. The van der Waals surface area contributed by atoms with Gasteiger partial charge in [0.25, 0.3) is 0 Å². The summed E-state index contributed by atoms with van der Waals surface area (Å²) in [5.74, 6) is 0.666. The molecule has 1 rings (SSSR count). The Hall–Kier alpha value is -1.51. The highest BCUT2D eigenvalue weighted by Crippen LogP contribution is 2.09. The van der Waals surface area contributed by atoms with E-state index in [-0.39, 0.29) is 0 Å². The Labute approximate surface area is 96.5 Å². The molecule has 0 saturated heterocycles. The second-order valence-corrected chi connectivity index (χ2v) is 4.40. The van der Waals surface area contributed by atoms with Gasteiger partial charge in [-0.2, -0.15) is 0 Å². The second kappa shape index (κ2) is 6.16. The van der Waals surface area contributed by atoms with Crippen LogP contribution in [-0.4, -0.2) is 17.7 Å². The monoisotopic (exact) mass is 221 g/mol. The van der Waals surface area contributed by atoms with Gasteiger partial charge in [-0.15, -0.1) is 0 Å². The molecule has 16 heavy (non-hydrogen) atoms. The minimum atomic E-state index is -0.962. The summed E-state index contributed by atoms with van der Waals surface area (Å²) in [7, 11) is 0. The Morgan fingerprint density at radius 1 is 1.25 bits per heavy atom. The van der Waals surface area contributed by atoms with Crippen LogP contribution in [0.5, 0.6) is 0 Å². The quantitative estimate of drug-likeness (QED) is 0.803. The fourth-order valence-corrected chi connectivity index (χ4v) is 1.63. The summed E-state index contributed by atoms with van der Waals surface area (Å²) < 4.78 is 0. The average Bonchev–Trinajstić information content (AvgIpc) is 2.19. The molecule has 0 spiro atoms. The predicted molar refractivity (Wildman–Crippen MR) is 64.7 cm³/mol. The third-order valence-electron chi connectivity index (χ3n) is 2.36. The molecule has 0 heterocycles. The van der Waals surface area contributed by atoms with Gasteiger partial charge in [-0.25, -0.2) is 4.79 Å². The highest BCUT2D eigenvalue weighted by atomic mass is 16.4. The molecule has 1 amide bonds. The van der Waals surface area contributed by atoms with Crippen LogP contribution >= 0.6 is 0 Å². The molecule has 0 atom stereocenters. The number of hydrogen-bond acceptors (Lipinski definition) is 1. The van der Waals surface area contributed by atoms with E-state index < -0.39 is 6.09 Å². The number of rotatable bonds is 5. The fraction of sp³-hybridized carbons (Fsp3) is 0.462. The van der Waals surface area contributed by atoms with Gasteiger partial charge in [0.05, 0.1) is 0 Å². The van der Waals surface area contributed by atoms with Crippen LogP contribution in [0.25, 0.3) is 0 Å². The Morgan fingerprint density at radius 2 is 1.81 bits per heavy atom. The first-order chi connectivity index (χ1) is 7.58. The van der Waals surface area contributed by atoms with Crippen LogP contribution < -0.4 is 5.32 Å². The number of amides is 1. The van der Waals surface area contributed by atoms with Gasteiger partial charge < -0.3 is 10.4 Å². The van der Waals surface area contributed by atoms with E-state index in [0.717, 1.165) is 12.8 Å². The minimum Gasteiger partial charge on any atom is -0.465 e. The van der Waals surface area contributed by atoms with Crippen LogP contribution in [0.2, 0.25) is 0 Å². The predicted octanol–water partition coefficient (Wildman–Crippen LogP) is 2.70. The van der Waals surface area contributed by atoms with E-state index in [4.69, 9.17) is 5.11 Å². The fourth-order valence-electron chi connectivity index (χ4n) is 1.63. The molecule has 0 radical (unpaired) electrons. The number of hydrogen-bond donors (Lipinski definition) is 2. The van der Waals surface area contributed by atoms with E-state index in [1.54, 1.807) is 0 Å². The standard InChI is InChI=1S/C13H19NO2/c1-10(2)9-12-5-3-11(4-6-12)7-8-14-13(15)16/h3-6,10,14H,7-9H2,1-2H3,(H,15,16). The molecule has 0 unspecified atom stereocenters. The molecule has 0 aromatic heterocycles. The molecule has 3 nitrogen and oxygen atoms in total. The number of benzene rings is 1. The SMILES string of the molecule is CC(C)Cc1ccc(CCNC(=O)O)cc1. The van der Waals surface area contributed by atoms with Crippen molar-refractivity contribution in [1.29, 1.82) is 0 Å². The molecule has 1 aromatic carbocycles. The molecular formula is C13H19NO2. The molecule has 0 fully saturated rings. The van der Waals surface area contributed by atoms with Crippen LogP contribution in [0.3, 0.4) is 0 Å². The van der Waals surface area contributed by atoms with Gasteiger partial charge in [0.2, 0.25) is 0 Å². The molecule has 0 aliphatic heterocycles. The maximum Gasteiger partial charge on any atom is 0.404 e. The smallest absolute Gasteiger partial charge is 0.404 e. The van der Waals surface area contributed by atoms with Crippen LogP contribution in [0, 0.1) is 5.92 Å². The van der Waals surface area contributed by atoms with Gasteiger partial charge in [-0.1, -0.05) is 38.1 Å². The summed E-state index contributed by atoms with van der Waals surface area (Å²) in [5.41, 5.74) is 2.51. The van der Waals surface area contributed by atoms with Gasteiger partial charge in [0, 0.05) is 6.54 Å². The first kappa shape index (κ1) is 12.6. The van der Waals surface area contributed by atoms with Crippen LogP contribution in [0.1, 0.15) is 25.0 Å². The van der Waals surface area contributed by atoms with Crippen molar-refractivity contribution in [2.45, 2.75) is 26.7 Å². The zero-order valence-corrected chi connectivity index (χ0v) is 9.86. The summed E-state index contributed by atoms with van der Waals surface area (Å²) in [6.07, 6.45) is 0.874. The van der Waals surface area contributed by atoms with Crippen molar-refractivity contribution in [2.75, 3.05) is 6.54 Å². The van der Waals surface area contributed by atoms with Crippen molar-refractivity contribution in [3.63, 3.8) is 0 Å². The molecule has 1 aromatic rings. The summed E-state index contributed by atoms with van der Waals surface area (Å²) in [6, 6.07) is 8.38. The zero-order valence-electron chi connectivity index (χ0n) is 9.86. The van der Waals surface area contributed by atoms with E-state index in [1.165, 1.54) is 11.1 Å². The minimum absolute atomic E-state index is 0.471. The lowest BCUT2D eigenvalue weighted by Gasteiger charge is -2.06. The van der Waals surface area contributed by atoms with Crippen molar-refractivity contribution in [1.82, 2.24) is 5.32 Å². The van der Waals surface area contributed by atoms with E-state index in [9.17, 15) is 4.79 Å². The van der Waals surface area contributed by atoms with Crippen LogP contribution in [0.4, 0.5) is 4.79 Å². The van der Waals surface area contributed by atoms with Gasteiger partial charge >= 0.3 is 6.09 Å². The summed E-state index contributed by atoms with van der Waals surface area (Å²) in [4.78, 5) is 10.3. The third kappa shape index (κ3) is 4.82. The van der Waals surface area contributed by atoms with Crippen molar-refractivity contribution >= 4 is 6.09 Å². The lowest BCUT2D eigenvalue weighted by atomic mass is 10.0. The highest BCUT2D eigenvalue weighted by Gasteiger charge is 1.99. The average molecular weight is 221 g/mol. The second-order valence-electron chi connectivity index (χ2n) is 4.40. The van der Waals surface area contributed by atoms with Crippen molar-refractivity contribution in [3.8, 4) is 0 Å². The lowest BCUT2D eigenvalue weighted by Crippen LogP contribution is -2.23. The first-order valence-electron chi connectivity index (χ1n) is 5.62. The Balaban J connectivity index is 2.42. The summed E-state index contributed by atoms with van der Waals surface area (Å²) >= 11 is 0. The molecular weight excluding hydrogens is 202 g/mol. The number of nitrogens with one attached hydrogen (secondary N) is 1. The van der Waals surface area contributed by atoms with Crippen LogP contribution in [0.15, 0.2) is 24.3 Å². The maximum atomic E-state index is 10.3. The van der Waals surface area contributed by atoms with E-state index in [0.29, 0.717) is 12.5 Å². The Bertz CT molecular complexity index is 330. The molecule has 88 valence electrons. The van der Waals surface area contributed by atoms with Crippen molar-refractivity contribution in [2.24, 2.45) is 5.92 Å². The Morgan fingerprint density at radius 3 is 2.31 bits per heavy atom. The highest BCUT2D eigenvalue weighted by molar-refractivity contribution is 5.64. The molecule has 0 saturated carbocycles. The van der Waals surface area contributed by atoms with Crippen molar-refractivity contribution < 1.29 is 9.90 Å². The Kier molecular flexibility index (Phi) is 4.83. The molecule has 2 N–H and O–H groups in total. The summed E-state index contributed by atoms with van der Waals surface area (Å²) in [5, 5.41) is 10.8. The summed E-state index contributed by atoms with van der Waals surface area (Å²) in [6.45, 7) is 4.87. The van der Waals surface area contributed by atoms with Gasteiger partial charge in [0.15, 0.2) is 0 Å². The molecule has 3 heteroatoms. The topological polar surface area (TPSA) is 49.3 Å². The maximum absolute atomic E-state index is 10.3. The van der Waals surface area contributed by atoms with Gasteiger partial charge in [0.1, 0.15) is 0 Å². The van der Waals surface area contributed by atoms with Gasteiger partial charge in [-0.05, 0) is 29.9 Å². The van der Waals surface area contributed by atoms with Crippen LogP contribution in [-0.2, 0) is 12.8 Å². The number of carbonyl (C=O) groups is 1. The lowest BCUT2D eigenvalue weighted by molar-refractivity contribution is 0.194. The van der Waals surface area contributed by atoms with Crippen molar-refractivity contribution in [3.05, 3.63) is 35.4 Å². The number of carboxylic acid groups (broad SMARTS) is 1. The van der Waals surface area contributed by atoms with E-state index in [1.807, 2.05) is 0 Å². The van der Waals surface area contributed by atoms with E-state index in [2.05, 4.69) is 43.4 Å². The largest absolute Gasteiger partial charge is 0.465 e.